The van der Waals surface area contributed by atoms with Gasteiger partial charge in [0.2, 0.25) is 0 Å². The summed E-state index contributed by atoms with van der Waals surface area (Å²) in [6.07, 6.45) is 3.16. The van der Waals surface area contributed by atoms with Gasteiger partial charge in [-0.25, -0.2) is 0 Å². The molecule has 1 aromatic rings. The van der Waals surface area contributed by atoms with E-state index >= 15 is 0 Å². The maximum absolute atomic E-state index is 11.2. The number of carboxylic acids is 1. The van der Waals surface area contributed by atoms with E-state index in [0.29, 0.717) is 17.2 Å². The Balaban J connectivity index is 2.15. The van der Waals surface area contributed by atoms with Gasteiger partial charge >= 0.3 is 5.97 Å². The lowest BCUT2D eigenvalue weighted by Crippen LogP contribution is -2.35. The van der Waals surface area contributed by atoms with E-state index in [4.69, 9.17) is 16.3 Å². The standard InChI is InChI=1S/C14H17ClO3/c1-9-6-7-11(15)13(8-9)18-12-5-3-2-4-10(12)14(16)17/h6-8,10,12H,2-5H2,1H3,(H,16,17). The zero-order chi connectivity index (χ0) is 13.1. The summed E-state index contributed by atoms with van der Waals surface area (Å²) in [5.74, 6) is -0.603. The average Bonchev–Trinajstić information content (AvgIpc) is 2.34. The van der Waals surface area contributed by atoms with Crippen LogP contribution in [0.1, 0.15) is 31.2 Å². The van der Waals surface area contributed by atoms with Gasteiger partial charge < -0.3 is 9.84 Å². The van der Waals surface area contributed by atoms with Gasteiger partial charge in [-0.3, -0.25) is 4.79 Å². The molecule has 1 aromatic carbocycles. The topological polar surface area (TPSA) is 46.5 Å². The molecule has 0 radical (unpaired) electrons. The van der Waals surface area contributed by atoms with E-state index in [1.165, 1.54) is 0 Å². The van der Waals surface area contributed by atoms with Gasteiger partial charge in [-0.1, -0.05) is 24.1 Å². The third-order valence-corrected chi connectivity index (χ3v) is 3.70. The number of hydrogen-bond donors (Lipinski definition) is 1. The van der Waals surface area contributed by atoms with Gasteiger partial charge in [-0.15, -0.1) is 0 Å². The fraction of sp³-hybridized carbons (Fsp3) is 0.500. The van der Waals surface area contributed by atoms with E-state index in [1.54, 1.807) is 6.07 Å². The summed E-state index contributed by atoms with van der Waals surface area (Å²) in [6, 6.07) is 5.55. The molecule has 0 heterocycles. The zero-order valence-electron chi connectivity index (χ0n) is 10.4. The van der Waals surface area contributed by atoms with Crippen LogP contribution in [0, 0.1) is 12.8 Å². The Bertz CT molecular complexity index is 445. The van der Waals surface area contributed by atoms with Crippen LogP contribution in [0.25, 0.3) is 0 Å². The lowest BCUT2D eigenvalue weighted by molar-refractivity contribution is -0.146. The van der Waals surface area contributed by atoms with Crippen LogP contribution in [0.15, 0.2) is 18.2 Å². The van der Waals surface area contributed by atoms with E-state index in [2.05, 4.69) is 0 Å². The van der Waals surface area contributed by atoms with E-state index in [1.807, 2.05) is 19.1 Å². The Morgan fingerprint density at radius 2 is 2.11 bits per heavy atom. The van der Waals surface area contributed by atoms with Crippen molar-refractivity contribution in [2.24, 2.45) is 5.92 Å². The number of aliphatic carboxylic acids is 1. The van der Waals surface area contributed by atoms with Gasteiger partial charge in [0.25, 0.3) is 0 Å². The van der Waals surface area contributed by atoms with Gasteiger partial charge in [0.05, 0.1) is 10.9 Å². The molecule has 1 fully saturated rings. The molecule has 0 aliphatic heterocycles. The highest BCUT2D eigenvalue weighted by Crippen LogP contribution is 2.32. The minimum absolute atomic E-state index is 0.268. The van der Waals surface area contributed by atoms with Gasteiger partial charge in [-0.2, -0.15) is 0 Å². The molecule has 0 bridgehead atoms. The maximum Gasteiger partial charge on any atom is 0.310 e. The Labute approximate surface area is 112 Å². The van der Waals surface area contributed by atoms with Crippen molar-refractivity contribution in [1.82, 2.24) is 0 Å². The quantitative estimate of drug-likeness (QED) is 0.910. The normalized spacial score (nSPS) is 23.7. The minimum atomic E-state index is -0.775. The van der Waals surface area contributed by atoms with Crippen LogP contribution in [0.3, 0.4) is 0 Å². The molecule has 0 spiro atoms. The number of hydrogen-bond acceptors (Lipinski definition) is 2. The Hall–Kier alpha value is -1.22. The summed E-state index contributed by atoms with van der Waals surface area (Å²) in [7, 11) is 0. The van der Waals surface area contributed by atoms with E-state index < -0.39 is 11.9 Å². The first-order chi connectivity index (χ1) is 8.58. The van der Waals surface area contributed by atoms with Crippen molar-refractivity contribution in [2.75, 3.05) is 0 Å². The molecule has 0 amide bonds. The minimum Gasteiger partial charge on any atom is -0.488 e. The number of carbonyl (C=O) groups is 1. The van der Waals surface area contributed by atoms with Crippen LogP contribution in [0.5, 0.6) is 5.75 Å². The van der Waals surface area contributed by atoms with Crippen LogP contribution >= 0.6 is 11.6 Å². The summed E-state index contributed by atoms with van der Waals surface area (Å²) in [5, 5.41) is 9.73. The van der Waals surface area contributed by atoms with Gasteiger partial charge in [0.1, 0.15) is 11.9 Å². The summed E-state index contributed by atoms with van der Waals surface area (Å²) < 4.78 is 5.83. The van der Waals surface area contributed by atoms with Crippen molar-refractivity contribution in [3.05, 3.63) is 28.8 Å². The monoisotopic (exact) mass is 268 g/mol. The van der Waals surface area contributed by atoms with Crippen LogP contribution < -0.4 is 4.74 Å². The first-order valence-corrected chi connectivity index (χ1v) is 6.61. The van der Waals surface area contributed by atoms with Crippen molar-refractivity contribution >= 4 is 17.6 Å². The Morgan fingerprint density at radius 3 is 2.83 bits per heavy atom. The second-order valence-electron chi connectivity index (χ2n) is 4.82. The molecule has 2 rings (SSSR count). The smallest absolute Gasteiger partial charge is 0.310 e. The van der Waals surface area contributed by atoms with Crippen LogP contribution in [0.4, 0.5) is 0 Å². The van der Waals surface area contributed by atoms with Gasteiger partial charge in [0.15, 0.2) is 0 Å². The molecule has 0 saturated heterocycles. The third kappa shape index (κ3) is 2.96. The number of carboxylic acid groups (broad SMARTS) is 1. The average molecular weight is 269 g/mol. The number of benzene rings is 1. The van der Waals surface area contributed by atoms with Crippen molar-refractivity contribution in [2.45, 2.75) is 38.7 Å². The molecule has 0 aromatic heterocycles. The number of halogens is 1. The Morgan fingerprint density at radius 1 is 1.39 bits per heavy atom. The van der Waals surface area contributed by atoms with Crippen molar-refractivity contribution in [3.8, 4) is 5.75 Å². The van der Waals surface area contributed by atoms with E-state index in [9.17, 15) is 9.90 Å². The predicted molar refractivity (Wildman–Crippen MR) is 70.2 cm³/mol. The maximum atomic E-state index is 11.2. The zero-order valence-corrected chi connectivity index (χ0v) is 11.1. The first-order valence-electron chi connectivity index (χ1n) is 6.23. The lowest BCUT2D eigenvalue weighted by atomic mass is 9.86. The molecule has 1 N–H and O–H groups in total. The summed E-state index contributed by atoms with van der Waals surface area (Å²) in [6.45, 7) is 1.96. The first kappa shape index (κ1) is 13.2. The summed E-state index contributed by atoms with van der Waals surface area (Å²) in [4.78, 5) is 11.2. The van der Waals surface area contributed by atoms with Crippen molar-refractivity contribution < 1.29 is 14.6 Å². The van der Waals surface area contributed by atoms with E-state index in [-0.39, 0.29) is 6.10 Å². The number of ether oxygens (including phenoxy) is 1. The molecule has 2 unspecified atom stereocenters. The summed E-state index contributed by atoms with van der Waals surface area (Å²) in [5.41, 5.74) is 1.05. The molecular formula is C14H17ClO3. The predicted octanol–water partition coefficient (Wildman–Crippen LogP) is 3.67. The second kappa shape index (κ2) is 5.61. The van der Waals surface area contributed by atoms with Gasteiger partial charge in [-0.05, 0) is 43.9 Å². The molecule has 2 atom stereocenters. The fourth-order valence-electron chi connectivity index (χ4n) is 2.38. The summed E-state index contributed by atoms with van der Waals surface area (Å²) >= 11 is 6.07. The SMILES string of the molecule is Cc1ccc(Cl)c(OC2CCCCC2C(=O)O)c1. The highest BCUT2D eigenvalue weighted by molar-refractivity contribution is 6.32. The molecule has 1 saturated carbocycles. The number of aryl methyl sites for hydroxylation is 1. The van der Waals surface area contributed by atoms with Crippen LogP contribution in [0.2, 0.25) is 5.02 Å². The van der Waals surface area contributed by atoms with Crippen molar-refractivity contribution in [3.63, 3.8) is 0 Å². The molecule has 18 heavy (non-hydrogen) atoms. The fourth-order valence-corrected chi connectivity index (χ4v) is 2.55. The molecule has 4 heteroatoms. The molecule has 98 valence electrons. The second-order valence-corrected chi connectivity index (χ2v) is 5.23. The molecule has 1 aliphatic rings. The molecular weight excluding hydrogens is 252 g/mol. The van der Waals surface area contributed by atoms with E-state index in [0.717, 1.165) is 24.8 Å². The Kier molecular flexibility index (Phi) is 4.12. The van der Waals surface area contributed by atoms with Crippen LogP contribution in [-0.2, 0) is 4.79 Å². The van der Waals surface area contributed by atoms with Crippen molar-refractivity contribution in [1.29, 1.82) is 0 Å². The largest absolute Gasteiger partial charge is 0.488 e. The highest BCUT2D eigenvalue weighted by Gasteiger charge is 2.32. The lowest BCUT2D eigenvalue weighted by Gasteiger charge is -2.29. The number of rotatable bonds is 3. The highest BCUT2D eigenvalue weighted by atomic mass is 35.5. The van der Waals surface area contributed by atoms with Crippen LogP contribution in [-0.4, -0.2) is 17.2 Å². The molecule has 3 nitrogen and oxygen atoms in total. The third-order valence-electron chi connectivity index (χ3n) is 3.38. The van der Waals surface area contributed by atoms with Gasteiger partial charge in [0, 0.05) is 0 Å². The molecule has 1 aliphatic carbocycles.